The Kier molecular flexibility index (Phi) is 3.26. The average molecular weight is 212 g/mol. The van der Waals surface area contributed by atoms with Gasteiger partial charge < -0.3 is 10.6 Å². The maximum atomic E-state index is 11.3. The molecule has 0 aromatic heterocycles. The van der Waals surface area contributed by atoms with Crippen LogP contribution in [0.25, 0.3) is 0 Å². The molecule has 3 nitrogen and oxygen atoms in total. The minimum Gasteiger partial charge on any atom is -0.396 e. The van der Waals surface area contributed by atoms with Gasteiger partial charge >= 0.3 is 0 Å². The lowest BCUT2D eigenvalue weighted by Gasteiger charge is -2.22. The van der Waals surface area contributed by atoms with Gasteiger partial charge in [0.1, 0.15) is 10.2 Å². The zero-order valence-corrected chi connectivity index (χ0v) is 9.65. The first-order valence-electron chi connectivity index (χ1n) is 4.75. The normalized spacial score (nSPS) is 11.1. The molecule has 0 aliphatic carbocycles. The van der Waals surface area contributed by atoms with Crippen LogP contribution in [-0.4, -0.2) is 13.6 Å². The van der Waals surface area contributed by atoms with Gasteiger partial charge in [-0.05, 0) is 12.3 Å². The van der Waals surface area contributed by atoms with Gasteiger partial charge in [-0.15, -0.1) is 0 Å². The van der Waals surface area contributed by atoms with Crippen molar-refractivity contribution in [1.29, 1.82) is 0 Å². The molecule has 0 fully saturated rings. The first-order valence-corrected chi connectivity index (χ1v) is 5.16. The van der Waals surface area contributed by atoms with Gasteiger partial charge in [-0.1, -0.05) is 26.1 Å². The summed E-state index contributed by atoms with van der Waals surface area (Å²) in [4.78, 5) is 13.2. The molecule has 78 valence electrons. The van der Waals surface area contributed by atoms with Crippen LogP contribution < -0.4 is 16.1 Å². The molecule has 14 heavy (non-hydrogen) atoms. The van der Waals surface area contributed by atoms with E-state index in [4.69, 9.17) is 18.0 Å². The van der Waals surface area contributed by atoms with Crippen molar-refractivity contribution in [2.75, 3.05) is 24.2 Å². The van der Waals surface area contributed by atoms with Crippen molar-refractivity contribution < 1.29 is 0 Å². The Bertz CT molecular complexity index is 391. The highest BCUT2D eigenvalue weighted by molar-refractivity contribution is 7.71. The van der Waals surface area contributed by atoms with Crippen LogP contribution in [0.1, 0.15) is 20.3 Å². The van der Waals surface area contributed by atoms with E-state index < -0.39 is 0 Å². The number of anilines is 2. The molecule has 0 saturated carbocycles. The number of rotatable bonds is 4. The summed E-state index contributed by atoms with van der Waals surface area (Å²) in [5.74, 6) is 0.626. The van der Waals surface area contributed by atoms with Gasteiger partial charge in [0.25, 0.3) is 0 Å². The van der Waals surface area contributed by atoms with Crippen molar-refractivity contribution >= 4 is 23.6 Å². The summed E-state index contributed by atoms with van der Waals surface area (Å²) >= 11 is 4.80. The van der Waals surface area contributed by atoms with Crippen molar-refractivity contribution in [2.45, 2.75) is 20.3 Å². The van der Waals surface area contributed by atoms with Gasteiger partial charge in [0.15, 0.2) is 0 Å². The van der Waals surface area contributed by atoms with Crippen LogP contribution in [0.5, 0.6) is 0 Å². The van der Waals surface area contributed by atoms with Gasteiger partial charge in [-0.3, -0.25) is 4.79 Å². The quantitative estimate of drug-likeness (QED) is 0.772. The van der Waals surface area contributed by atoms with Gasteiger partial charge in [-0.2, -0.15) is 0 Å². The van der Waals surface area contributed by atoms with Crippen LogP contribution in [0.2, 0.25) is 0 Å². The molecule has 0 unspecified atom stereocenters. The van der Waals surface area contributed by atoms with Crippen LogP contribution in [-0.2, 0) is 0 Å². The molecular formula is C10H16N2OS. The summed E-state index contributed by atoms with van der Waals surface area (Å²) in [6.45, 7) is 5.15. The summed E-state index contributed by atoms with van der Waals surface area (Å²) in [5, 5.41) is 0. The molecule has 1 aromatic carbocycles. The summed E-state index contributed by atoms with van der Waals surface area (Å²) in [6.07, 6.45) is 1.05. The topological polar surface area (TPSA) is 46.3 Å². The van der Waals surface area contributed by atoms with Crippen LogP contribution in [0.3, 0.4) is 0 Å². The Morgan fingerprint density at radius 1 is 1.50 bits per heavy atom. The molecule has 0 spiro atoms. The second-order valence-corrected chi connectivity index (χ2v) is 4.43. The Morgan fingerprint density at radius 2 is 2.07 bits per heavy atom. The summed E-state index contributed by atoms with van der Waals surface area (Å²) < 4.78 is 0.288. The highest BCUT2D eigenvalue weighted by atomic mass is 32.1. The van der Waals surface area contributed by atoms with Gasteiger partial charge in [-0.25, -0.2) is 0 Å². The van der Waals surface area contributed by atoms with Crippen molar-refractivity contribution in [2.24, 2.45) is 5.92 Å². The molecule has 0 heterocycles. The molecule has 0 atom stereocenters. The van der Waals surface area contributed by atoms with Gasteiger partial charge in [0, 0.05) is 13.6 Å². The molecule has 4 heteroatoms. The third kappa shape index (κ3) is 1.95. The number of nitrogen functional groups attached to an aromatic ring is 1. The molecule has 0 aliphatic rings. The summed E-state index contributed by atoms with van der Waals surface area (Å²) in [5.41, 5.74) is 6.64. The highest BCUT2D eigenvalue weighted by Gasteiger charge is 2.18. The second kappa shape index (κ2) is 4.09. The van der Waals surface area contributed by atoms with Gasteiger partial charge in [0.05, 0.1) is 5.69 Å². The van der Waals surface area contributed by atoms with Crippen LogP contribution in [0.15, 0.2) is 4.79 Å². The summed E-state index contributed by atoms with van der Waals surface area (Å²) in [6, 6.07) is 0. The predicted molar refractivity (Wildman–Crippen MR) is 63.1 cm³/mol. The van der Waals surface area contributed by atoms with Crippen LogP contribution >= 0.6 is 12.2 Å². The van der Waals surface area contributed by atoms with Crippen molar-refractivity contribution in [3.05, 3.63) is 14.7 Å². The first-order chi connectivity index (χ1) is 6.45. The molecule has 0 radical (unpaired) electrons. The molecule has 1 rings (SSSR count). The van der Waals surface area contributed by atoms with Crippen molar-refractivity contribution in [3.63, 3.8) is 0 Å². The maximum Gasteiger partial charge on any atom is 0.224 e. The number of nitrogens with two attached hydrogens (primary N) is 1. The zero-order chi connectivity index (χ0) is 10.9. The number of hydrogen-bond donors (Lipinski definition) is 1. The zero-order valence-electron chi connectivity index (χ0n) is 8.83. The van der Waals surface area contributed by atoms with E-state index in [-0.39, 0.29) is 9.94 Å². The van der Waals surface area contributed by atoms with E-state index in [0.717, 1.165) is 13.0 Å². The van der Waals surface area contributed by atoms with E-state index in [1.54, 1.807) is 0 Å². The molecule has 2 N–H and O–H groups in total. The Hall–Kier alpha value is -0.900. The minimum absolute atomic E-state index is 0.0799. The minimum atomic E-state index is -0.0799. The SMILES string of the molecule is CC(C)CCN(C)c1c(N)c(=S)c1=O. The average Bonchev–Trinajstić information content (AvgIpc) is 2.14. The molecule has 0 aliphatic heterocycles. The Morgan fingerprint density at radius 3 is 2.50 bits per heavy atom. The Balaban J connectivity index is 2.68. The monoisotopic (exact) mass is 212 g/mol. The molecule has 0 saturated heterocycles. The van der Waals surface area contributed by atoms with E-state index in [9.17, 15) is 4.79 Å². The van der Waals surface area contributed by atoms with Crippen molar-refractivity contribution in [3.8, 4) is 0 Å². The predicted octanol–water partition coefficient (Wildman–Crippen LogP) is 1.72. The van der Waals surface area contributed by atoms with E-state index in [0.29, 0.717) is 17.3 Å². The number of nitrogens with zero attached hydrogens (tertiary/aromatic N) is 1. The molecule has 0 bridgehead atoms. The lowest BCUT2D eigenvalue weighted by molar-refractivity contribution is 0.584. The smallest absolute Gasteiger partial charge is 0.224 e. The van der Waals surface area contributed by atoms with Crippen LogP contribution in [0.4, 0.5) is 11.4 Å². The third-order valence-electron chi connectivity index (χ3n) is 2.34. The second-order valence-electron chi connectivity index (χ2n) is 4.02. The summed E-state index contributed by atoms with van der Waals surface area (Å²) in [7, 11) is 1.88. The standard InChI is InChI=1S/C10H16N2OS/c1-6(2)4-5-12(3)8-7(11)10(14)9(8)13/h6H,4-5,11H2,1-3H3. The molecule has 0 amide bonds. The van der Waals surface area contributed by atoms with E-state index >= 15 is 0 Å². The van der Waals surface area contributed by atoms with Gasteiger partial charge in [0.2, 0.25) is 5.43 Å². The fourth-order valence-electron chi connectivity index (χ4n) is 1.34. The maximum absolute atomic E-state index is 11.3. The fourth-order valence-corrected chi connectivity index (χ4v) is 1.53. The third-order valence-corrected chi connectivity index (χ3v) is 2.75. The largest absolute Gasteiger partial charge is 0.396 e. The molecule has 1 aromatic rings. The highest BCUT2D eigenvalue weighted by Crippen LogP contribution is 2.22. The van der Waals surface area contributed by atoms with Crippen LogP contribution in [0, 0.1) is 10.4 Å². The Labute approximate surface area is 89.2 Å². The lowest BCUT2D eigenvalue weighted by Crippen LogP contribution is -2.30. The van der Waals surface area contributed by atoms with Crippen molar-refractivity contribution in [1.82, 2.24) is 0 Å². The first kappa shape index (κ1) is 11.2. The van der Waals surface area contributed by atoms with E-state index in [2.05, 4.69) is 13.8 Å². The lowest BCUT2D eigenvalue weighted by atomic mass is 10.1. The molecular weight excluding hydrogens is 196 g/mol. The van der Waals surface area contributed by atoms with E-state index in [1.165, 1.54) is 0 Å². The fraction of sp³-hybridized carbons (Fsp3) is 0.600. The number of hydrogen-bond acceptors (Lipinski definition) is 4. The van der Waals surface area contributed by atoms with E-state index in [1.807, 2.05) is 11.9 Å².